The summed E-state index contributed by atoms with van der Waals surface area (Å²) in [6, 6.07) is 9.94. The summed E-state index contributed by atoms with van der Waals surface area (Å²) in [7, 11) is 3.34. The summed E-state index contributed by atoms with van der Waals surface area (Å²) in [5, 5.41) is 2.98. The van der Waals surface area contributed by atoms with Crippen molar-refractivity contribution in [3.63, 3.8) is 0 Å². The number of carbonyl (C=O) groups is 1. The van der Waals surface area contributed by atoms with Crippen molar-refractivity contribution >= 4 is 16.9 Å². The minimum absolute atomic E-state index is 0.0197. The van der Waals surface area contributed by atoms with Crippen molar-refractivity contribution in [2.24, 2.45) is 0 Å². The first kappa shape index (κ1) is 18.0. The van der Waals surface area contributed by atoms with Crippen LogP contribution in [-0.2, 0) is 26.1 Å². The van der Waals surface area contributed by atoms with Crippen LogP contribution in [0.25, 0.3) is 11.0 Å². The van der Waals surface area contributed by atoms with Gasteiger partial charge in [0.25, 0.3) is 5.91 Å². The Morgan fingerprint density at radius 2 is 1.90 bits per heavy atom. The summed E-state index contributed by atoms with van der Waals surface area (Å²) in [5.74, 6) is 2.53. The highest BCUT2D eigenvalue weighted by molar-refractivity contribution is 6.05. The number of hydrogen-bond acceptors (Lipinski definition) is 5. The van der Waals surface area contributed by atoms with Crippen molar-refractivity contribution in [2.45, 2.75) is 26.1 Å². The average molecular weight is 392 g/mol. The summed E-state index contributed by atoms with van der Waals surface area (Å²) < 4.78 is 13.1. The van der Waals surface area contributed by atoms with Crippen molar-refractivity contribution in [2.75, 3.05) is 27.3 Å². The molecule has 1 aromatic heterocycles. The van der Waals surface area contributed by atoms with Crippen LogP contribution in [0, 0.1) is 0 Å². The van der Waals surface area contributed by atoms with Crippen LogP contribution >= 0.6 is 0 Å². The highest BCUT2D eigenvalue weighted by atomic mass is 16.5. The molecule has 2 aromatic carbocycles. The molecule has 0 spiro atoms. The first-order valence-electron chi connectivity index (χ1n) is 9.90. The van der Waals surface area contributed by atoms with Gasteiger partial charge in [-0.05, 0) is 41.8 Å². The van der Waals surface area contributed by atoms with E-state index in [-0.39, 0.29) is 5.91 Å². The molecular weight excluding hydrogens is 368 g/mol. The monoisotopic (exact) mass is 392 g/mol. The molecule has 150 valence electrons. The standard InChI is InChI=1S/C22H24N4O3/c1-28-18-10-14-6-8-25(12-15(14)11-19(18)29-2)13-20-24-17-5-3-4-16-21(17)26(20)9-7-23-22(16)27/h3-5,10-11H,6-9,12-13H2,1-2H3,(H,23,27). The van der Waals surface area contributed by atoms with Crippen LogP contribution in [0.2, 0.25) is 0 Å². The number of aromatic nitrogens is 2. The smallest absolute Gasteiger partial charge is 0.253 e. The second kappa shape index (κ2) is 7.08. The highest BCUT2D eigenvalue weighted by Crippen LogP contribution is 2.33. The van der Waals surface area contributed by atoms with E-state index < -0.39 is 0 Å². The molecule has 1 N–H and O–H groups in total. The number of ether oxygens (including phenoxy) is 2. The summed E-state index contributed by atoms with van der Waals surface area (Å²) in [6.45, 7) is 3.89. The third-order valence-electron chi connectivity index (χ3n) is 5.87. The number of amides is 1. The van der Waals surface area contributed by atoms with Crippen LogP contribution in [0.3, 0.4) is 0 Å². The van der Waals surface area contributed by atoms with Crippen molar-refractivity contribution in [3.05, 3.63) is 52.8 Å². The van der Waals surface area contributed by atoms with Gasteiger partial charge in [-0.1, -0.05) is 6.07 Å². The number of methoxy groups -OCH3 is 2. The van der Waals surface area contributed by atoms with E-state index >= 15 is 0 Å². The van der Waals surface area contributed by atoms with Crippen molar-refractivity contribution in [1.82, 2.24) is 19.8 Å². The molecule has 7 nitrogen and oxygen atoms in total. The molecule has 29 heavy (non-hydrogen) atoms. The molecule has 0 unspecified atom stereocenters. The maximum atomic E-state index is 12.4. The summed E-state index contributed by atoms with van der Waals surface area (Å²) in [6.07, 6.45) is 0.960. The number of para-hydroxylation sites is 1. The molecule has 5 rings (SSSR count). The van der Waals surface area contributed by atoms with Crippen LogP contribution in [0.1, 0.15) is 27.3 Å². The third-order valence-corrected chi connectivity index (χ3v) is 5.87. The first-order chi connectivity index (χ1) is 14.2. The molecule has 0 atom stereocenters. The van der Waals surface area contributed by atoms with E-state index in [1.54, 1.807) is 14.2 Å². The number of hydrogen-bond donors (Lipinski definition) is 1. The Morgan fingerprint density at radius 1 is 1.10 bits per heavy atom. The zero-order chi connectivity index (χ0) is 20.0. The maximum absolute atomic E-state index is 12.4. The minimum atomic E-state index is -0.0197. The molecule has 3 aromatic rings. The van der Waals surface area contributed by atoms with Crippen LogP contribution in [0.5, 0.6) is 11.5 Å². The van der Waals surface area contributed by atoms with Gasteiger partial charge in [0, 0.05) is 26.2 Å². The Morgan fingerprint density at radius 3 is 2.69 bits per heavy atom. The Bertz CT molecular complexity index is 1110. The van der Waals surface area contributed by atoms with E-state index in [9.17, 15) is 4.79 Å². The zero-order valence-corrected chi connectivity index (χ0v) is 16.7. The third kappa shape index (κ3) is 3.02. The lowest BCUT2D eigenvalue weighted by Gasteiger charge is -2.29. The van der Waals surface area contributed by atoms with Gasteiger partial charge in [-0.15, -0.1) is 0 Å². The first-order valence-corrected chi connectivity index (χ1v) is 9.90. The van der Waals surface area contributed by atoms with Gasteiger partial charge in [0.05, 0.1) is 37.4 Å². The van der Waals surface area contributed by atoms with Gasteiger partial charge >= 0.3 is 0 Å². The van der Waals surface area contributed by atoms with Crippen molar-refractivity contribution in [3.8, 4) is 11.5 Å². The molecule has 0 bridgehead atoms. The minimum Gasteiger partial charge on any atom is -0.493 e. The quantitative estimate of drug-likeness (QED) is 0.738. The number of nitrogens with one attached hydrogen (secondary N) is 1. The lowest BCUT2D eigenvalue weighted by atomic mass is 9.99. The summed E-state index contributed by atoms with van der Waals surface area (Å²) in [4.78, 5) is 19.6. The fourth-order valence-corrected chi connectivity index (χ4v) is 4.43. The van der Waals surface area contributed by atoms with E-state index in [4.69, 9.17) is 14.5 Å². The highest BCUT2D eigenvalue weighted by Gasteiger charge is 2.24. The molecule has 2 aliphatic rings. The molecule has 0 aliphatic carbocycles. The lowest BCUT2D eigenvalue weighted by Crippen LogP contribution is -2.31. The van der Waals surface area contributed by atoms with E-state index in [1.807, 2.05) is 18.2 Å². The van der Waals surface area contributed by atoms with E-state index in [2.05, 4.69) is 26.9 Å². The summed E-state index contributed by atoms with van der Waals surface area (Å²) in [5.41, 5.74) is 5.11. The molecule has 0 radical (unpaired) electrons. The second-order valence-electron chi connectivity index (χ2n) is 7.55. The zero-order valence-electron chi connectivity index (χ0n) is 16.7. The van der Waals surface area contributed by atoms with E-state index in [0.717, 1.165) is 61.0 Å². The Balaban J connectivity index is 1.46. The van der Waals surface area contributed by atoms with Gasteiger partial charge in [-0.2, -0.15) is 0 Å². The number of benzene rings is 2. The van der Waals surface area contributed by atoms with Gasteiger partial charge in [0.1, 0.15) is 5.82 Å². The maximum Gasteiger partial charge on any atom is 0.253 e. The molecule has 1 amide bonds. The van der Waals surface area contributed by atoms with Crippen LogP contribution in [0.15, 0.2) is 30.3 Å². The Hall–Kier alpha value is -3.06. The molecular formula is C22H24N4O3. The van der Waals surface area contributed by atoms with Gasteiger partial charge in [0.2, 0.25) is 0 Å². The number of carbonyl (C=O) groups excluding carboxylic acids is 1. The SMILES string of the molecule is COc1cc2c(cc1OC)CN(Cc1nc3cccc4c3n1CCNC4=O)CC2. The molecule has 3 heterocycles. The molecule has 7 heteroatoms. The van der Waals surface area contributed by atoms with E-state index in [1.165, 1.54) is 11.1 Å². The Labute approximate surface area is 169 Å². The molecule has 2 aliphatic heterocycles. The van der Waals surface area contributed by atoms with Gasteiger partial charge in [0.15, 0.2) is 11.5 Å². The predicted octanol–water partition coefficient (Wildman–Crippen LogP) is 2.36. The molecule has 0 saturated heterocycles. The van der Waals surface area contributed by atoms with Crippen LogP contribution < -0.4 is 14.8 Å². The number of fused-ring (bicyclic) bond motifs is 1. The number of nitrogens with zero attached hydrogens (tertiary/aromatic N) is 3. The van der Waals surface area contributed by atoms with Gasteiger partial charge < -0.3 is 19.4 Å². The lowest BCUT2D eigenvalue weighted by molar-refractivity contribution is 0.0956. The second-order valence-corrected chi connectivity index (χ2v) is 7.55. The Kier molecular flexibility index (Phi) is 4.39. The predicted molar refractivity (Wildman–Crippen MR) is 109 cm³/mol. The average Bonchev–Trinajstić information content (AvgIpc) is 2.99. The summed E-state index contributed by atoms with van der Waals surface area (Å²) >= 11 is 0. The van der Waals surface area contributed by atoms with Gasteiger partial charge in [-0.3, -0.25) is 9.69 Å². The number of rotatable bonds is 4. The van der Waals surface area contributed by atoms with Crippen LogP contribution in [-0.4, -0.2) is 47.7 Å². The molecule has 0 fully saturated rings. The number of imidazole rings is 1. The fourth-order valence-electron chi connectivity index (χ4n) is 4.43. The van der Waals surface area contributed by atoms with Crippen molar-refractivity contribution in [1.29, 1.82) is 0 Å². The van der Waals surface area contributed by atoms with Gasteiger partial charge in [-0.25, -0.2) is 4.98 Å². The van der Waals surface area contributed by atoms with Crippen LogP contribution in [0.4, 0.5) is 0 Å². The largest absolute Gasteiger partial charge is 0.493 e. The normalized spacial score (nSPS) is 16.3. The van der Waals surface area contributed by atoms with Crippen molar-refractivity contribution < 1.29 is 14.3 Å². The topological polar surface area (TPSA) is 68.6 Å². The molecule has 0 saturated carbocycles. The fraction of sp³-hybridized carbons (Fsp3) is 0.364. The van der Waals surface area contributed by atoms with E-state index in [0.29, 0.717) is 12.1 Å².